The van der Waals surface area contributed by atoms with E-state index in [1.54, 1.807) is 22.1 Å². The summed E-state index contributed by atoms with van der Waals surface area (Å²) in [4.78, 5) is 29.2. The molecule has 1 aromatic carbocycles. The molecule has 7 nitrogen and oxygen atoms in total. The first-order valence-electron chi connectivity index (χ1n) is 10.5. The zero-order chi connectivity index (χ0) is 22.9. The summed E-state index contributed by atoms with van der Waals surface area (Å²) in [7, 11) is 0. The molecule has 0 spiro atoms. The van der Waals surface area contributed by atoms with Crippen LogP contribution in [0, 0.1) is 13.8 Å². The van der Waals surface area contributed by atoms with Gasteiger partial charge in [-0.25, -0.2) is 4.98 Å². The van der Waals surface area contributed by atoms with Crippen LogP contribution in [0.15, 0.2) is 69.2 Å². The van der Waals surface area contributed by atoms with Gasteiger partial charge in [0.25, 0.3) is 5.56 Å². The lowest BCUT2D eigenvalue weighted by Gasteiger charge is -2.13. The number of hydrogen-bond acceptors (Lipinski definition) is 8. The molecule has 33 heavy (non-hydrogen) atoms. The van der Waals surface area contributed by atoms with Crippen molar-refractivity contribution in [3.8, 4) is 11.4 Å². The molecule has 0 bridgehead atoms. The van der Waals surface area contributed by atoms with Crippen molar-refractivity contribution in [3.63, 3.8) is 0 Å². The van der Waals surface area contributed by atoms with Crippen LogP contribution in [0.2, 0.25) is 0 Å². The first-order chi connectivity index (χ1) is 16.0. The molecule has 0 radical (unpaired) electrons. The molecule has 0 N–H and O–H groups in total. The number of aromatic nitrogens is 5. The maximum absolute atomic E-state index is 13.5. The third-order valence-corrected chi connectivity index (χ3v) is 7.58. The Labute approximate surface area is 198 Å². The highest BCUT2D eigenvalue weighted by atomic mass is 32.2. The van der Waals surface area contributed by atoms with E-state index >= 15 is 0 Å². The van der Waals surface area contributed by atoms with Gasteiger partial charge in [0, 0.05) is 16.6 Å². The minimum atomic E-state index is -0.198. The maximum atomic E-state index is 13.5. The number of rotatable bonds is 6. The average Bonchev–Trinajstić information content (AvgIpc) is 3.43. The number of thiophene rings is 1. The zero-order valence-electron chi connectivity index (χ0n) is 18.3. The Morgan fingerprint density at radius 1 is 1.09 bits per heavy atom. The lowest BCUT2D eigenvalue weighted by molar-refractivity contribution is 0.380. The molecular weight excluding hydrogens is 454 g/mol. The Morgan fingerprint density at radius 2 is 1.88 bits per heavy atom. The van der Waals surface area contributed by atoms with Crippen molar-refractivity contribution in [1.29, 1.82) is 0 Å². The van der Waals surface area contributed by atoms with E-state index in [2.05, 4.69) is 15.1 Å². The first kappa shape index (κ1) is 21.5. The normalized spacial score (nSPS) is 12.3. The van der Waals surface area contributed by atoms with Gasteiger partial charge >= 0.3 is 0 Å². The number of nitrogens with zero attached hydrogens (tertiary/aromatic N) is 5. The maximum Gasteiger partial charge on any atom is 0.263 e. The second kappa shape index (κ2) is 8.92. The summed E-state index contributed by atoms with van der Waals surface area (Å²) in [6.07, 6.45) is 1.73. The molecule has 5 aromatic rings. The van der Waals surface area contributed by atoms with Crippen molar-refractivity contribution < 1.29 is 4.52 Å². The zero-order valence-corrected chi connectivity index (χ0v) is 20.0. The number of thioether (sulfide) groups is 1. The van der Waals surface area contributed by atoms with Crippen LogP contribution in [-0.2, 0) is 6.54 Å². The number of pyridine rings is 1. The van der Waals surface area contributed by atoms with Crippen LogP contribution in [0.3, 0.4) is 0 Å². The molecule has 0 saturated carbocycles. The molecule has 0 aliphatic rings. The van der Waals surface area contributed by atoms with E-state index in [-0.39, 0.29) is 10.8 Å². The van der Waals surface area contributed by atoms with Crippen molar-refractivity contribution in [2.75, 3.05) is 0 Å². The molecular formula is C24H21N5O2S2. The predicted molar refractivity (Wildman–Crippen MR) is 131 cm³/mol. The monoisotopic (exact) mass is 475 g/mol. The molecule has 0 aliphatic carbocycles. The minimum absolute atomic E-state index is 0.0577. The topological polar surface area (TPSA) is 86.7 Å². The lowest BCUT2D eigenvalue weighted by atomic mass is 10.2. The van der Waals surface area contributed by atoms with Gasteiger partial charge in [-0.1, -0.05) is 53.3 Å². The van der Waals surface area contributed by atoms with Crippen LogP contribution in [0.5, 0.6) is 0 Å². The summed E-state index contributed by atoms with van der Waals surface area (Å²) < 4.78 is 7.24. The number of hydrogen-bond donors (Lipinski definition) is 0. The van der Waals surface area contributed by atoms with Gasteiger partial charge < -0.3 is 4.52 Å². The third-order valence-electron chi connectivity index (χ3n) is 5.40. The van der Waals surface area contributed by atoms with Gasteiger partial charge in [0.05, 0.1) is 22.9 Å². The van der Waals surface area contributed by atoms with E-state index in [9.17, 15) is 4.79 Å². The number of fused-ring (bicyclic) bond motifs is 1. The fraction of sp³-hybridized carbons (Fsp3) is 0.208. The van der Waals surface area contributed by atoms with Gasteiger partial charge in [-0.05, 0) is 38.5 Å². The fourth-order valence-electron chi connectivity index (χ4n) is 3.51. The molecule has 1 unspecified atom stereocenters. The highest BCUT2D eigenvalue weighted by Crippen LogP contribution is 2.35. The Bertz CT molecular complexity index is 1480. The van der Waals surface area contributed by atoms with Gasteiger partial charge in [0.2, 0.25) is 11.7 Å². The molecule has 0 aliphatic heterocycles. The Hall–Kier alpha value is -3.30. The lowest BCUT2D eigenvalue weighted by Crippen LogP contribution is -2.24. The molecule has 0 fully saturated rings. The molecule has 9 heteroatoms. The Balaban J connectivity index is 1.53. The average molecular weight is 476 g/mol. The summed E-state index contributed by atoms with van der Waals surface area (Å²) in [6, 6.07) is 15.4. The minimum Gasteiger partial charge on any atom is -0.338 e. The van der Waals surface area contributed by atoms with Crippen LogP contribution in [0.25, 0.3) is 21.6 Å². The van der Waals surface area contributed by atoms with E-state index in [1.807, 2.05) is 69.3 Å². The SMILES string of the molecule is Cc1sc2nc(SC(C)c3nc(-c4ccccc4)no3)n(Cc3ccccn3)c(=O)c2c1C. The van der Waals surface area contributed by atoms with Crippen molar-refractivity contribution in [1.82, 2.24) is 24.7 Å². The van der Waals surface area contributed by atoms with Crippen LogP contribution in [0.4, 0.5) is 0 Å². The second-order valence-corrected chi connectivity index (χ2v) is 10.2. The predicted octanol–water partition coefficient (Wildman–Crippen LogP) is 5.42. The van der Waals surface area contributed by atoms with Gasteiger partial charge in [0.15, 0.2) is 5.16 Å². The highest BCUT2D eigenvalue weighted by molar-refractivity contribution is 7.99. The summed E-state index contributed by atoms with van der Waals surface area (Å²) in [5.74, 6) is 1.02. The van der Waals surface area contributed by atoms with Crippen molar-refractivity contribution in [3.05, 3.63) is 87.1 Å². The molecule has 0 amide bonds. The molecule has 5 rings (SSSR count). The highest BCUT2D eigenvalue weighted by Gasteiger charge is 2.22. The summed E-state index contributed by atoms with van der Waals surface area (Å²) in [5.41, 5.74) is 2.61. The molecule has 0 saturated heterocycles. The summed E-state index contributed by atoms with van der Waals surface area (Å²) in [5, 5.41) is 5.21. The smallest absolute Gasteiger partial charge is 0.263 e. The van der Waals surface area contributed by atoms with E-state index in [0.29, 0.717) is 28.8 Å². The standard InChI is InChI=1S/C24H21N5O2S2/c1-14-15(2)32-22-19(14)23(30)29(13-18-11-7-8-12-25-18)24(27-22)33-16(3)21-26-20(28-31-21)17-9-5-4-6-10-17/h4-12,16H,13H2,1-3H3. The largest absolute Gasteiger partial charge is 0.338 e. The number of aryl methyl sites for hydroxylation is 2. The van der Waals surface area contributed by atoms with Crippen molar-refractivity contribution in [2.24, 2.45) is 0 Å². The molecule has 166 valence electrons. The first-order valence-corrected chi connectivity index (χ1v) is 12.2. The summed E-state index contributed by atoms with van der Waals surface area (Å²) >= 11 is 2.97. The second-order valence-electron chi connectivity index (χ2n) is 7.65. The van der Waals surface area contributed by atoms with E-state index in [1.165, 1.54) is 11.8 Å². The Kier molecular flexibility index (Phi) is 5.82. The van der Waals surface area contributed by atoms with Gasteiger partial charge in [0.1, 0.15) is 4.83 Å². The van der Waals surface area contributed by atoms with Crippen molar-refractivity contribution >= 4 is 33.3 Å². The van der Waals surface area contributed by atoms with Gasteiger partial charge in [-0.3, -0.25) is 14.3 Å². The van der Waals surface area contributed by atoms with E-state index in [4.69, 9.17) is 9.51 Å². The summed E-state index contributed by atoms with van der Waals surface area (Å²) in [6.45, 7) is 6.30. The van der Waals surface area contributed by atoms with Crippen LogP contribution in [0.1, 0.15) is 34.2 Å². The fourth-order valence-corrected chi connectivity index (χ4v) is 5.51. The van der Waals surface area contributed by atoms with Crippen molar-refractivity contribution in [2.45, 2.75) is 37.7 Å². The molecule has 4 heterocycles. The van der Waals surface area contributed by atoms with Crippen LogP contribution >= 0.6 is 23.1 Å². The van der Waals surface area contributed by atoms with Crippen LogP contribution in [-0.4, -0.2) is 24.7 Å². The molecule has 1 atom stereocenters. The van der Waals surface area contributed by atoms with E-state index in [0.717, 1.165) is 26.5 Å². The molecule has 4 aromatic heterocycles. The Morgan fingerprint density at radius 3 is 2.64 bits per heavy atom. The van der Waals surface area contributed by atoms with Gasteiger partial charge in [-0.2, -0.15) is 4.98 Å². The third kappa shape index (κ3) is 4.21. The van der Waals surface area contributed by atoms with E-state index < -0.39 is 0 Å². The van der Waals surface area contributed by atoms with Crippen LogP contribution < -0.4 is 5.56 Å². The number of benzene rings is 1. The van der Waals surface area contributed by atoms with Gasteiger partial charge in [-0.15, -0.1) is 11.3 Å². The quantitative estimate of drug-likeness (QED) is 0.239.